The number of hydroxylamine groups is 1. The Labute approximate surface area is 189 Å². The third-order valence-corrected chi connectivity index (χ3v) is 5.69. The van der Waals surface area contributed by atoms with Crippen molar-refractivity contribution < 1.29 is 48.6 Å². The van der Waals surface area contributed by atoms with Crippen LogP contribution in [0.3, 0.4) is 0 Å². The number of benzene rings is 1. The van der Waals surface area contributed by atoms with Gasteiger partial charge in [0.1, 0.15) is 30.2 Å². The van der Waals surface area contributed by atoms with Crippen LogP contribution in [0.5, 0.6) is 11.5 Å². The topological polar surface area (TPSA) is 247 Å². The molecular formula is C17H18N6O10P-. The lowest BCUT2D eigenvalue weighted by atomic mass is 10.1. The van der Waals surface area contributed by atoms with Crippen LogP contribution in [0, 0.1) is 0 Å². The number of imidazole rings is 1. The lowest BCUT2D eigenvalue weighted by molar-refractivity contribution is -0.232. The minimum Gasteiger partial charge on any atom is -0.755 e. The second-order valence-corrected chi connectivity index (χ2v) is 8.40. The first-order valence-corrected chi connectivity index (χ1v) is 10.9. The number of aromatic nitrogens is 4. The Kier molecular flexibility index (Phi) is 6.37. The SMILES string of the molecule is Nc1ncnc2c1ncn2[C@@H]1O[C@H](COP(=O)([O-])ONC(=O)c2cccc(O)c2O)[C@@H](O)[C@H]1O. The summed E-state index contributed by atoms with van der Waals surface area (Å²) in [6.45, 7) is -0.785. The van der Waals surface area contributed by atoms with Gasteiger partial charge < -0.3 is 40.3 Å². The number of amides is 1. The zero-order valence-electron chi connectivity index (χ0n) is 17.0. The Balaban J connectivity index is 1.38. The molecule has 4 rings (SSSR count). The summed E-state index contributed by atoms with van der Waals surface area (Å²) in [6.07, 6.45) is -3.18. The number of phosphoric ester groups is 1. The maximum Gasteiger partial charge on any atom is 0.290 e. The predicted octanol–water partition coefficient (Wildman–Crippen LogP) is -1.71. The van der Waals surface area contributed by atoms with Gasteiger partial charge >= 0.3 is 0 Å². The number of phenolic OH excluding ortho intramolecular Hbond substituents is 2. The quantitative estimate of drug-likeness (QED) is 0.121. The number of hydrogen-bond acceptors (Lipinski definition) is 14. The molecule has 34 heavy (non-hydrogen) atoms. The smallest absolute Gasteiger partial charge is 0.290 e. The summed E-state index contributed by atoms with van der Waals surface area (Å²) < 4.78 is 27.7. The van der Waals surface area contributed by atoms with Gasteiger partial charge in [-0.15, -0.1) is 0 Å². The molecule has 1 aliphatic rings. The van der Waals surface area contributed by atoms with E-state index in [0.717, 1.165) is 12.1 Å². The molecule has 17 heteroatoms. The zero-order valence-corrected chi connectivity index (χ0v) is 17.8. The van der Waals surface area contributed by atoms with Gasteiger partial charge in [0.2, 0.25) is 0 Å². The molecule has 0 saturated carbocycles. The van der Waals surface area contributed by atoms with Crippen LogP contribution in [-0.2, 0) is 18.5 Å². The highest BCUT2D eigenvalue weighted by atomic mass is 31.2. The van der Waals surface area contributed by atoms with Gasteiger partial charge in [-0.3, -0.25) is 13.9 Å². The number of carbonyl (C=O) groups excluding carboxylic acids is 1. The van der Waals surface area contributed by atoms with E-state index >= 15 is 0 Å². The van der Waals surface area contributed by atoms with Gasteiger partial charge in [-0.1, -0.05) is 6.07 Å². The standard InChI is InChI=1S/C17H19N6O10P/c18-14-10-15(20-5-19-14)23(6-21-10)17-13(27)12(26)9(32-17)4-31-34(29,30)33-22-16(28)7-2-1-3-8(24)11(7)25/h1-3,5-6,9,12-13,17,24-27H,4H2,(H,22,28)(H,29,30)(H2,18,19,20)/p-1/t9-,12-,13-,17-/m1/s1. The minimum absolute atomic E-state index is 0.0854. The first kappa shape index (κ1) is 23.8. The van der Waals surface area contributed by atoms with Crippen molar-refractivity contribution in [1.29, 1.82) is 0 Å². The number of fused-ring (bicyclic) bond motifs is 1. The van der Waals surface area contributed by atoms with Gasteiger partial charge in [0, 0.05) is 0 Å². The maximum atomic E-state index is 12.0. The molecule has 1 aliphatic heterocycles. The van der Waals surface area contributed by atoms with E-state index in [1.54, 1.807) is 5.48 Å². The average molecular weight is 497 g/mol. The van der Waals surface area contributed by atoms with E-state index < -0.39 is 61.9 Å². The molecule has 1 unspecified atom stereocenters. The van der Waals surface area contributed by atoms with Crippen LogP contribution >= 0.6 is 7.82 Å². The Morgan fingerprint density at radius 3 is 2.79 bits per heavy atom. The number of nitrogens with zero attached hydrogens (tertiary/aromatic N) is 4. The molecule has 2 aromatic heterocycles. The lowest BCUT2D eigenvalue weighted by Crippen LogP contribution is -2.34. The van der Waals surface area contributed by atoms with Gasteiger partial charge in [-0.2, -0.15) is 4.62 Å². The van der Waals surface area contributed by atoms with Gasteiger partial charge in [-0.25, -0.2) is 20.4 Å². The number of para-hydroxylation sites is 1. The van der Waals surface area contributed by atoms with Crippen LogP contribution in [-0.4, -0.2) is 70.8 Å². The van der Waals surface area contributed by atoms with Gasteiger partial charge in [0.15, 0.2) is 29.2 Å². The van der Waals surface area contributed by atoms with E-state index in [1.165, 1.54) is 23.3 Å². The average Bonchev–Trinajstić information content (AvgIpc) is 3.35. The molecule has 16 nitrogen and oxygen atoms in total. The molecule has 1 aromatic carbocycles. The van der Waals surface area contributed by atoms with Crippen molar-refractivity contribution in [1.82, 2.24) is 25.0 Å². The molecular weight excluding hydrogens is 479 g/mol. The number of aromatic hydroxyl groups is 2. The number of carbonyl (C=O) groups is 1. The Morgan fingerprint density at radius 1 is 1.26 bits per heavy atom. The van der Waals surface area contributed by atoms with Crippen molar-refractivity contribution in [3.8, 4) is 11.5 Å². The largest absolute Gasteiger partial charge is 0.755 e. The lowest BCUT2D eigenvalue weighted by Gasteiger charge is -2.24. The molecule has 182 valence electrons. The number of aliphatic hydroxyl groups excluding tert-OH is 2. The van der Waals surface area contributed by atoms with Crippen LogP contribution in [0.25, 0.3) is 11.2 Å². The summed E-state index contributed by atoms with van der Waals surface area (Å²) in [4.78, 5) is 35.8. The fourth-order valence-corrected chi connectivity index (χ4v) is 3.79. The molecule has 1 saturated heterocycles. The third-order valence-electron chi connectivity index (χ3n) is 4.90. The summed E-state index contributed by atoms with van der Waals surface area (Å²) in [7, 11) is -5.17. The fraction of sp³-hybridized carbons (Fsp3) is 0.294. The highest BCUT2D eigenvalue weighted by Gasteiger charge is 2.45. The summed E-state index contributed by atoms with van der Waals surface area (Å²) in [5, 5.41) is 39.7. The fourth-order valence-electron chi connectivity index (χ4n) is 3.21. The number of phosphoric acid groups is 1. The predicted molar refractivity (Wildman–Crippen MR) is 108 cm³/mol. The van der Waals surface area contributed by atoms with Crippen molar-refractivity contribution in [3.63, 3.8) is 0 Å². The van der Waals surface area contributed by atoms with E-state index in [9.17, 15) is 34.7 Å². The highest BCUT2D eigenvalue weighted by molar-refractivity contribution is 7.45. The number of phenols is 2. The van der Waals surface area contributed by atoms with E-state index in [4.69, 9.17) is 10.5 Å². The van der Waals surface area contributed by atoms with Crippen LogP contribution in [0.1, 0.15) is 16.6 Å². The van der Waals surface area contributed by atoms with Crippen molar-refractivity contribution in [2.45, 2.75) is 24.5 Å². The molecule has 5 atom stereocenters. The van der Waals surface area contributed by atoms with E-state index in [1.807, 2.05) is 0 Å². The first-order valence-electron chi connectivity index (χ1n) is 9.49. The van der Waals surface area contributed by atoms with Gasteiger partial charge in [-0.05, 0) is 12.1 Å². The second-order valence-electron chi connectivity index (χ2n) is 7.07. The van der Waals surface area contributed by atoms with Gasteiger partial charge in [0.05, 0.1) is 18.5 Å². The third kappa shape index (κ3) is 4.51. The number of aliphatic hydroxyl groups is 2. The number of nitrogens with one attached hydrogen (secondary N) is 1. The molecule has 0 aliphatic carbocycles. The van der Waals surface area contributed by atoms with Crippen molar-refractivity contribution in [3.05, 3.63) is 36.4 Å². The summed E-state index contributed by atoms with van der Waals surface area (Å²) in [6, 6.07) is 3.45. The van der Waals surface area contributed by atoms with Crippen LogP contribution in [0.4, 0.5) is 5.82 Å². The highest BCUT2D eigenvalue weighted by Crippen LogP contribution is 2.40. The number of rotatable bonds is 7. The molecule has 3 aromatic rings. The van der Waals surface area contributed by atoms with Crippen LogP contribution in [0.15, 0.2) is 30.9 Å². The van der Waals surface area contributed by atoms with E-state index in [-0.39, 0.29) is 17.0 Å². The minimum atomic E-state index is -5.17. The number of nitrogens with two attached hydrogens (primary N) is 1. The normalized spacial score (nSPS) is 24.2. The number of hydrogen-bond donors (Lipinski definition) is 6. The molecule has 1 fully saturated rings. The Morgan fingerprint density at radius 2 is 2.03 bits per heavy atom. The Bertz CT molecular complexity index is 1270. The number of nitrogen functional groups attached to an aromatic ring is 1. The summed E-state index contributed by atoms with van der Waals surface area (Å²) >= 11 is 0. The Hall–Kier alpha value is -3.37. The molecule has 0 radical (unpaired) electrons. The first-order chi connectivity index (χ1) is 16.1. The molecule has 0 spiro atoms. The molecule has 3 heterocycles. The van der Waals surface area contributed by atoms with E-state index in [0.29, 0.717) is 0 Å². The summed E-state index contributed by atoms with van der Waals surface area (Å²) in [5.41, 5.74) is 7.26. The van der Waals surface area contributed by atoms with Crippen LogP contribution < -0.4 is 16.1 Å². The molecule has 0 bridgehead atoms. The van der Waals surface area contributed by atoms with Gasteiger partial charge in [0.25, 0.3) is 13.7 Å². The summed E-state index contributed by atoms with van der Waals surface area (Å²) in [5.74, 6) is -2.49. The van der Waals surface area contributed by atoms with E-state index in [2.05, 4.69) is 24.1 Å². The molecule has 1 amide bonds. The zero-order chi connectivity index (χ0) is 24.6. The van der Waals surface area contributed by atoms with Crippen molar-refractivity contribution in [2.24, 2.45) is 0 Å². The van der Waals surface area contributed by atoms with Crippen molar-refractivity contribution in [2.75, 3.05) is 12.3 Å². The monoisotopic (exact) mass is 497 g/mol. The molecule has 7 N–H and O–H groups in total. The maximum absolute atomic E-state index is 12.0. The van der Waals surface area contributed by atoms with Crippen molar-refractivity contribution >= 4 is 30.7 Å². The number of ether oxygens (including phenoxy) is 1. The van der Waals surface area contributed by atoms with Crippen LogP contribution in [0.2, 0.25) is 0 Å². The number of anilines is 1. The second kappa shape index (κ2) is 9.11.